The Morgan fingerprint density at radius 1 is 1.14 bits per heavy atom. The van der Waals surface area contributed by atoms with E-state index >= 15 is 0 Å². The van der Waals surface area contributed by atoms with Crippen LogP contribution < -0.4 is 5.32 Å². The minimum Gasteiger partial charge on any atom is -0.465 e. The van der Waals surface area contributed by atoms with Crippen LogP contribution in [0.25, 0.3) is 0 Å². The molecule has 0 fully saturated rings. The number of ether oxygens (including phenoxy) is 1. The van der Waals surface area contributed by atoms with E-state index in [0.29, 0.717) is 11.3 Å². The number of benzene rings is 2. The molecule has 3 nitrogen and oxygen atoms in total. The van der Waals surface area contributed by atoms with Crippen molar-refractivity contribution in [3.63, 3.8) is 0 Å². The third kappa shape index (κ3) is 3.78. The fraction of sp³-hybridized carbons (Fsp3) is 0.188. The number of alkyl halides is 3. The molecule has 0 aliphatic carbocycles. The molecule has 116 valence electrons. The number of hydrogen-bond donors (Lipinski definition) is 1. The van der Waals surface area contributed by atoms with Crippen LogP contribution in [0.3, 0.4) is 0 Å². The van der Waals surface area contributed by atoms with E-state index in [0.717, 1.165) is 6.07 Å². The van der Waals surface area contributed by atoms with Crippen LogP contribution in [-0.4, -0.2) is 13.1 Å². The first kappa shape index (κ1) is 15.9. The van der Waals surface area contributed by atoms with Gasteiger partial charge in [-0.25, -0.2) is 4.79 Å². The molecule has 0 bridgehead atoms. The molecule has 0 amide bonds. The van der Waals surface area contributed by atoms with E-state index in [2.05, 4.69) is 10.1 Å². The zero-order chi connectivity index (χ0) is 16.2. The van der Waals surface area contributed by atoms with Gasteiger partial charge < -0.3 is 10.1 Å². The maximum absolute atomic E-state index is 12.9. The lowest BCUT2D eigenvalue weighted by Gasteiger charge is -2.14. The third-order valence-corrected chi connectivity index (χ3v) is 3.09. The Hall–Kier alpha value is -2.50. The summed E-state index contributed by atoms with van der Waals surface area (Å²) in [6, 6.07) is 11.8. The highest BCUT2D eigenvalue weighted by molar-refractivity contribution is 5.90. The van der Waals surface area contributed by atoms with Crippen molar-refractivity contribution in [2.75, 3.05) is 12.4 Å². The summed E-state index contributed by atoms with van der Waals surface area (Å²) in [6.07, 6.45) is -4.40. The first-order valence-electron chi connectivity index (χ1n) is 6.49. The topological polar surface area (TPSA) is 38.3 Å². The fourth-order valence-corrected chi connectivity index (χ4v) is 2.02. The quantitative estimate of drug-likeness (QED) is 0.864. The summed E-state index contributed by atoms with van der Waals surface area (Å²) in [5.41, 5.74) is 0.335. The lowest BCUT2D eigenvalue weighted by molar-refractivity contribution is -0.138. The van der Waals surface area contributed by atoms with Crippen molar-refractivity contribution in [1.82, 2.24) is 0 Å². The molecule has 0 atom stereocenters. The monoisotopic (exact) mass is 309 g/mol. The maximum Gasteiger partial charge on any atom is 0.416 e. The third-order valence-electron chi connectivity index (χ3n) is 3.09. The van der Waals surface area contributed by atoms with Gasteiger partial charge in [0.15, 0.2) is 0 Å². The van der Waals surface area contributed by atoms with Crippen molar-refractivity contribution in [1.29, 1.82) is 0 Å². The molecule has 0 spiro atoms. The van der Waals surface area contributed by atoms with Crippen LogP contribution in [0.15, 0.2) is 48.5 Å². The smallest absolute Gasteiger partial charge is 0.416 e. The predicted octanol–water partition coefficient (Wildman–Crippen LogP) is 4.10. The number of esters is 1. The van der Waals surface area contributed by atoms with Crippen molar-refractivity contribution in [2.24, 2.45) is 0 Å². The molecule has 22 heavy (non-hydrogen) atoms. The second kappa shape index (κ2) is 6.51. The summed E-state index contributed by atoms with van der Waals surface area (Å²) in [5, 5.41) is 2.89. The average Bonchev–Trinajstić information content (AvgIpc) is 2.52. The average molecular weight is 309 g/mol. The van der Waals surface area contributed by atoms with Gasteiger partial charge in [0.25, 0.3) is 0 Å². The second-order valence-electron chi connectivity index (χ2n) is 4.58. The van der Waals surface area contributed by atoms with E-state index in [1.54, 1.807) is 24.3 Å². The summed E-state index contributed by atoms with van der Waals surface area (Å²) in [4.78, 5) is 11.4. The number of rotatable bonds is 4. The van der Waals surface area contributed by atoms with Crippen molar-refractivity contribution in [3.8, 4) is 0 Å². The molecule has 0 unspecified atom stereocenters. The van der Waals surface area contributed by atoms with E-state index in [1.807, 2.05) is 0 Å². The summed E-state index contributed by atoms with van der Waals surface area (Å²) < 4.78 is 43.3. The lowest BCUT2D eigenvalue weighted by Crippen LogP contribution is -2.12. The largest absolute Gasteiger partial charge is 0.465 e. The number of halogens is 3. The van der Waals surface area contributed by atoms with Gasteiger partial charge in [0.2, 0.25) is 0 Å². The summed E-state index contributed by atoms with van der Waals surface area (Å²) in [5.74, 6) is -0.501. The molecule has 0 heterocycles. The number of hydrogen-bond acceptors (Lipinski definition) is 3. The normalized spacial score (nSPS) is 11.1. The summed E-state index contributed by atoms with van der Waals surface area (Å²) in [7, 11) is 1.27. The molecule has 2 aromatic rings. The van der Waals surface area contributed by atoms with Crippen LogP contribution in [0.5, 0.6) is 0 Å². The molecule has 1 N–H and O–H groups in total. The Morgan fingerprint density at radius 2 is 1.86 bits per heavy atom. The van der Waals surface area contributed by atoms with Crippen molar-refractivity contribution in [2.45, 2.75) is 12.7 Å². The molecular formula is C16H14F3NO2. The van der Waals surface area contributed by atoms with Gasteiger partial charge in [-0.3, -0.25) is 0 Å². The highest BCUT2D eigenvalue weighted by Crippen LogP contribution is 2.32. The fourth-order valence-electron chi connectivity index (χ4n) is 2.02. The molecule has 0 aliphatic rings. The predicted molar refractivity (Wildman–Crippen MR) is 76.6 cm³/mol. The van der Waals surface area contributed by atoms with Crippen molar-refractivity contribution >= 4 is 11.7 Å². The summed E-state index contributed by atoms with van der Waals surface area (Å²) in [6.45, 7) is 0.000307. The van der Waals surface area contributed by atoms with Gasteiger partial charge in [-0.05, 0) is 29.8 Å². The Labute approximate surface area is 125 Å². The number of nitrogens with one attached hydrogen (secondary N) is 1. The molecule has 0 saturated carbocycles. The van der Waals surface area contributed by atoms with E-state index in [-0.39, 0.29) is 12.1 Å². The van der Waals surface area contributed by atoms with Gasteiger partial charge in [-0.1, -0.05) is 24.3 Å². The van der Waals surface area contributed by atoms with E-state index < -0.39 is 17.7 Å². The standard InChI is InChI=1S/C16H14F3NO2/c1-22-15(21)11-6-4-7-13(9-11)20-10-12-5-2-3-8-14(12)16(17,18)19/h2-9,20H,10H2,1H3. The van der Waals surface area contributed by atoms with E-state index in [1.165, 1.54) is 25.3 Å². The van der Waals surface area contributed by atoms with Gasteiger partial charge in [0.05, 0.1) is 18.2 Å². The Balaban J connectivity index is 2.16. The summed E-state index contributed by atoms with van der Waals surface area (Å²) >= 11 is 0. The molecule has 0 saturated heterocycles. The first-order chi connectivity index (χ1) is 10.4. The van der Waals surface area contributed by atoms with Crippen molar-refractivity contribution < 1.29 is 22.7 Å². The van der Waals surface area contributed by atoms with Gasteiger partial charge in [-0.15, -0.1) is 0 Å². The number of carbonyl (C=O) groups is 1. The molecular weight excluding hydrogens is 295 g/mol. The number of methoxy groups -OCH3 is 1. The Kier molecular flexibility index (Phi) is 4.70. The molecule has 2 rings (SSSR count). The molecule has 2 aromatic carbocycles. The number of anilines is 1. The highest BCUT2D eigenvalue weighted by atomic mass is 19.4. The van der Waals surface area contributed by atoms with E-state index in [9.17, 15) is 18.0 Å². The number of carbonyl (C=O) groups excluding carboxylic acids is 1. The maximum atomic E-state index is 12.9. The van der Waals surface area contributed by atoms with E-state index in [4.69, 9.17) is 0 Å². The van der Waals surface area contributed by atoms with Crippen LogP contribution in [-0.2, 0) is 17.5 Å². The minimum atomic E-state index is -4.40. The Morgan fingerprint density at radius 3 is 2.55 bits per heavy atom. The van der Waals surface area contributed by atoms with Gasteiger partial charge >= 0.3 is 12.1 Å². The van der Waals surface area contributed by atoms with Gasteiger partial charge in [0.1, 0.15) is 0 Å². The van der Waals surface area contributed by atoms with Crippen LogP contribution in [0.4, 0.5) is 18.9 Å². The first-order valence-corrected chi connectivity index (χ1v) is 6.49. The van der Waals surface area contributed by atoms with Crippen LogP contribution in [0.1, 0.15) is 21.5 Å². The zero-order valence-corrected chi connectivity index (χ0v) is 11.8. The van der Waals surface area contributed by atoms with Crippen LogP contribution in [0.2, 0.25) is 0 Å². The zero-order valence-electron chi connectivity index (χ0n) is 11.8. The van der Waals surface area contributed by atoms with Crippen LogP contribution >= 0.6 is 0 Å². The SMILES string of the molecule is COC(=O)c1cccc(NCc2ccccc2C(F)(F)F)c1. The second-order valence-corrected chi connectivity index (χ2v) is 4.58. The van der Waals surface area contributed by atoms with Gasteiger partial charge in [0, 0.05) is 12.2 Å². The minimum absolute atomic E-state index is 0.000307. The lowest BCUT2D eigenvalue weighted by atomic mass is 10.1. The van der Waals surface area contributed by atoms with Gasteiger partial charge in [-0.2, -0.15) is 13.2 Å². The molecule has 0 aromatic heterocycles. The molecule has 0 radical (unpaired) electrons. The van der Waals surface area contributed by atoms with Crippen molar-refractivity contribution in [3.05, 3.63) is 65.2 Å². The highest BCUT2D eigenvalue weighted by Gasteiger charge is 2.32. The molecule has 6 heteroatoms. The molecule has 0 aliphatic heterocycles. The van der Waals surface area contributed by atoms with Crippen LogP contribution in [0, 0.1) is 0 Å². The Bertz CT molecular complexity index is 668.